The second kappa shape index (κ2) is 11.5. The number of nitrogens with one attached hydrogen (secondary N) is 3. The molecule has 0 bridgehead atoms. The highest BCUT2D eigenvalue weighted by molar-refractivity contribution is 7.07. The summed E-state index contributed by atoms with van der Waals surface area (Å²) in [5, 5.41) is 26.6. The van der Waals surface area contributed by atoms with Crippen LogP contribution in [0.25, 0.3) is 11.8 Å². The Kier molecular flexibility index (Phi) is 8.76. The molecule has 0 aromatic carbocycles. The van der Waals surface area contributed by atoms with Crippen molar-refractivity contribution in [2.75, 3.05) is 44.4 Å². The summed E-state index contributed by atoms with van der Waals surface area (Å²) in [6.07, 6.45) is 1.51. The maximum atomic E-state index is 12.7. The molecule has 0 aliphatic rings. The molecule has 0 spiro atoms. The van der Waals surface area contributed by atoms with Gasteiger partial charge in [0.05, 0.1) is 6.07 Å². The van der Waals surface area contributed by atoms with Gasteiger partial charge >= 0.3 is 0 Å². The summed E-state index contributed by atoms with van der Waals surface area (Å²) in [5.74, 6) is 0.557. The highest BCUT2D eigenvalue weighted by atomic mass is 32.1. The van der Waals surface area contributed by atoms with E-state index in [1.807, 2.05) is 32.3 Å². The highest BCUT2D eigenvalue weighted by Crippen LogP contribution is 2.08. The van der Waals surface area contributed by atoms with Crippen molar-refractivity contribution in [3.05, 3.63) is 37.7 Å². The average molecular weight is 441 g/mol. The van der Waals surface area contributed by atoms with Crippen LogP contribution >= 0.6 is 11.3 Å². The van der Waals surface area contributed by atoms with E-state index < -0.39 is 5.91 Å². The Labute approximate surface area is 183 Å². The number of carbonyl (C=O) groups excluding carboxylic acids is 1. The average Bonchev–Trinajstić information content (AvgIpc) is 3.06. The lowest BCUT2D eigenvalue weighted by Gasteiger charge is -2.11. The molecule has 2 rings (SSSR count). The Bertz CT molecular complexity index is 1180. The van der Waals surface area contributed by atoms with Crippen LogP contribution < -0.4 is 30.7 Å². The van der Waals surface area contributed by atoms with Crippen molar-refractivity contribution in [2.24, 2.45) is 0 Å². The molecule has 0 fully saturated rings. The molecule has 162 valence electrons. The molecule has 0 saturated carbocycles. The van der Waals surface area contributed by atoms with Gasteiger partial charge in [0.1, 0.15) is 33.4 Å². The number of anilines is 2. The SMILES string of the molecule is CCn1c(=C(C#N)C(=O)NCC#N)sc(=CNc2cccc(NCCN(C)C)n2)c1=O. The number of amides is 1. The lowest BCUT2D eigenvalue weighted by atomic mass is 10.3. The van der Waals surface area contributed by atoms with Crippen LogP contribution in [0.15, 0.2) is 23.0 Å². The molecule has 0 radical (unpaired) electrons. The fourth-order valence-electron chi connectivity index (χ4n) is 2.56. The van der Waals surface area contributed by atoms with Gasteiger partial charge in [-0.1, -0.05) is 6.07 Å². The molecule has 11 heteroatoms. The zero-order chi connectivity index (χ0) is 22.8. The minimum absolute atomic E-state index is 0.205. The number of hydrogen-bond acceptors (Lipinski definition) is 9. The Morgan fingerprint density at radius 3 is 2.71 bits per heavy atom. The third kappa shape index (κ3) is 6.40. The van der Waals surface area contributed by atoms with Crippen LogP contribution in [0.5, 0.6) is 0 Å². The summed E-state index contributed by atoms with van der Waals surface area (Å²) < 4.78 is 1.92. The highest BCUT2D eigenvalue weighted by Gasteiger charge is 2.14. The number of thiazole rings is 1. The van der Waals surface area contributed by atoms with E-state index in [1.54, 1.807) is 19.1 Å². The van der Waals surface area contributed by atoms with Gasteiger partial charge in [0.15, 0.2) is 5.57 Å². The molecule has 0 atom stereocenters. The number of pyridine rings is 1. The van der Waals surface area contributed by atoms with Crippen molar-refractivity contribution in [3.63, 3.8) is 0 Å². The number of aromatic nitrogens is 2. The van der Waals surface area contributed by atoms with Crippen LogP contribution in [0, 0.1) is 22.7 Å². The largest absolute Gasteiger partial charge is 0.369 e. The van der Waals surface area contributed by atoms with Crippen LogP contribution in [-0.2, 0) is 11.3 Å². The van der Waals surface area contributed by atoms with Crippen LogP contribution in [0.1, 0.15) is 6.92 Å². The first-order chi connectivity index (χ1) is 14.9. The van der Waals surface area contributed by atoms with Crippen molar-refractivity contribution in [1.29, 1.82) is 10.5 Å². The Hall–Kier alpha value is -3.67. The first kappa shape index (κ1) is 23.6. The number of likely N-dealkylation sites (N-methyl/N-ethyl adjacent to an activating group) is 1. The van der Waals surface area contributed by atoms with Crippen molar-refractivity contribution in [2.45, 2.75) is 13.5 Å². The van der Waals surface area contributed by atoms with E-state index in [0.29, 0.717) is 22.7 Å². The van der Waals surface area contributed by atoms with E-state index in [-0.39, 0.29) is 22.3 Å². The third-order valence-electron chi connectivity index (χ3n) is 4.07. The maximum absolute atomic E-state index is 12.7. The smallest absolute Gasteiger partial charge is 0.270 e. The maximum Gasteiger partial charge on any atom is 0.270 e. The predicted octanol–water partition coefficient (Wildman–Crippen LogP) is -0.538. The van der Waals surface area contributed by atoms with Crippen molar-refractivity contribution in [1.82, 2.24) is 19.8 Å². The van der Waals surface area contributed by atoms with Crippen LogP contribution in [0.3, 0.4) is 0 Å². The topological polar surface area (TPSA) is 139 Å². The van der Waals surface area contributed by atoms with Gasteiger partial charge in [0.2, 0.25) is 0 Å². The van der Waals surface area contributed by atoms with E-state index >= 15 is 0 Å². The molecule has 0 saturated heterocycles. The second-order valence-electron chi connectivity index (χ2n) is 6.58. The molecule has 2 aromatic rings. The third-order valence-corrected chi connectivity index (χ3v) is 5.20. The number of carbonyl (C=O) groups is 1. The predicted molar refractivity (Wildman–Crippen MR) is 121 cm³/mol. The fraction of sp³-hybridized carbons (Fsp3) is 0.350. The van der Waals surface area contributed by atoms with Crippen LogP contribution in [0.4, 0.5) is 11.6 Å². The Morgan fingerprint density at radius 2 is 2.06 bits per heavy atom. The van der Waals surface area contributed by atoms with Gasteiger partial charge in [-0.05, 0) is 33.2 Å². The van der Waals surface area contributed by atoms with Gasteiger partial charge < -0.3 is 20.9 Å². The minimum atomic E-state index is -0.690. The van der Waals surface area contributed by atoms with E-state index in [0.717, 1.165) is 24.4 Å². The summed E-state index contributed by atoms with van der Waals surface area (Å²) in [4.78, 5) is 31.4. The number of rotatable bonds is 9. The molecule has 31 heavy (non-hydrogen) atoms. The molecule has 0 aliphatic heterocycles. The van der Waals surface area contributed by atoms with Crippen molar-refractivity contribution < 1.29 is 4.79 Å². The fourth-order valence-corrected chi connectivity index (χ4v) is 3.64. The lowest BCUT2D eigenvalue weighted by molar-refractivity contribution is -0.115. The van der Waals surface area contributed by atoms with E-state index in [4.69, 9.17) is 5.26 Å². The molecule has 0 unspecified atom stereocenters. The van der Waals surface area contributed by atoms with Gasteiger partial charge in [0.25, 0.3) is 11.5 Å². The lowest BCUT2D eigenvalue weighted by Crippen LogP contribution is -2.34. The number of hydrogen-bond donors (Lipinski definition) is 3. The van der Waals surface area contributed by atoms with Gasteiger partial charge in [-0.2, -0.15) is 10.5 Å². The van der Waals surface area contributed by atoms with E-state index in [2.05, 4.69) is 25.8 Å². The molecular formula is C20H24N8O2S. The zero-order valence-electron chi connectivity index (χ0n) is 17.6. The monoisotopic (exact) mass is 440 g/mol. The molecule has 0 aliphatic carbocycles. The normalized spacial score (nSPS) is 12.1. The Morgan fingerprint density at radius 1 is 1.32 bits per heavy atom. The molecule has 2 aromatic heterocycles. The summed E-state index contributed by atoms with van der Waals surface area (Å²) in [6.45, 7) is 3.42. The van der Waals surface area contributed by atoms with Gasteiger partial charge in [-0.25, -0.2) is 4.98 Å². The molecule has 10 nitrogen and oxygen atoms in total. The van der Waals surface area contributed by atoms with Crippen LogP contribution in [0.2, 0.25) is 0 Å². The minimum Gasteiger partial charge on any atom is -0.369 e. The quantitative estimate of drug-likeness (QED) is 0.442. The summed E-state index contributed by atoms with van der Waals surface area (Å²) in [5.41, 5.74) is -0.528. The van der Waals surface area contributed by atoms with Crippen molar-refractivity contribution in [3.8, 4) is 12.1 Å². The van der Waals surface area contributed by atoms with Gasteiger partial charge in [-0.3, -0.25) is 14.2 Å². The molecule has 2 heterocycles. The zero-order valence-corrected chi connectivity index (χ0v) is 18.4. The van der Waals surface area contributed by atoms with Crippen LogP contribution in [-0.4, -0.2) is 54.1 Å². The molecule has 1 amide bonds. The first-order valence-electron chi connectivity index (χ1n) is 9.52. The number of nitriles is 2. The second-order valence-corrected chi connectivity index (χ2v) is 7.61. The van der Waals surface area contributed by atoms with E-state index in [1.165, 1.54) is 10.8 Å². The summed E-state index contributed by atoms with van der Waals surface area (Å²) in [7, 11) is 3.98. The van der Waals surface area contributed by atoms with Crippen molar-refractivity contribution >= 4 is 40.7 Å². The Balaban J connectivity index is 2.35. The standard InChI is InChI=1S/C20H24N8O2S/c1-4-28-19(30)15(31-20(28)14(12-22)18(29)24-9-8-21)13-25-17-7-5-6-16(26-17)23-10-11-27(2)3/h5-7,13H,4,9-11H2,1-3H3,(H,24,29)(H2,23,25,26). The van der Waals surface area contributed by atoms with Gasteiger partial charge in [-0.15, -0.1) is 11.3 Å². The summed E-state index contributed by atoms with van der Waals surface area (Å²) >= 11 is 1.03. The number of nitrogens with zero attached hydrogens (tertiary/aromatic N) is 5. The van der Waals surface area contributed by atoms with E-state index in [9.17, 15) is 14.9 Å². The molecular weight excluding hydrogens is 416 g/mol. The first-order valence-corrected chi connectivity index (χ1v) is 10.3. The molecule has 3 N–H and O–H groups in total. The summed E-state index contributed by atoms with van der Waals surface area (Å²) in [6, 6.07) is 9.08. The van der Waals surface area contributed by atoms with Gasteiger partial charge in [0, 0.05) is 25.8 Å².